The van der Waals surface area contributed by atoms with Crippen molar-refractivity contribution in [3.63, 3.8) is 0 Å². The molecule has 1 saturated heterocycles. The predicted molar refractivity (Wildman–Crippen MR) is 104 cm³/mol. The third-order valence-corrected chi connectivity index (χ3v) is 5.53. The number of ether oxygens (including phenoxy) is 1. The Hall–Kier alpha value is -2.24. The first-order chi connectivity index (χ1) is 12.6. The van der Waals surface area contributed by atoms with Crippen LogP contribution in [0, 0.1) is 5.41 Å². The number of amides is 1. The van der Waals surface area contributed by atoms with Crippen LogP contribution < -0.4 is 10.6 Å². The van der Waals surface area contributed by atoms with Crippen LogP contribution in [0.25, 0.3) is 0 Å². The van der Waals surface area contributed by atoms with Crippen LogP contribution in [-0.4, -0.2) is 43.7 Å². The maximum Gasteiger partial charge on any atom is 0.411 e. The van der Waals surface area contributed by atoms with Crippen molar-refractivity contribution in [2.75, 3.05) is 32.1 Å². The summed E-state index contributed by atoms with van der Waals surface area (Å²) in [6, 6.07) is 7.72. The summed E-state index contributed by atoms with van der Waals surface area (Å²) in [5.41, 5.74) is 2.38. The summed E-state index contributed by atoms with van der Waals surface area (Å²) in [5, 5.41) is 6.11. The smallest absolute Gasteiger partial charge is 0.411 e. The standard InChI is InChI=1S/C20H30N4O2/c1-3-21-18(24-13-12-20(15-24)10-4-5-11-20)22-14-16-6-8-17(9-7-16)23-19(25)26-2/h6-9H,3-5,10-15H2,1-2H3,(H,21,22)(H,23,25). The summed E-state index contributed by atoms with van der Waals surface area (Å²) in [4.78, 5) is 18.5. The largest absolute Gasteiger partial charge is 0.453 e. The summed E-state index contributed by atoms with van der Waals surface area (Å²) in [7, 11) is 1.36. The Kier molecular flexibility index (Phi) is 6.01. The van der Waals surface area contributed by atoms with Gasteiger partial charge >= 0.3 is 6.09 Å². The molecule has 1 aromatic carbocycles. The molecule has 1 amide bonds. The van der Waals surface area contributed by atoms with Crippen molar-refractivity contribution >= 4 is 17.7 Å². The number of hydrogen-bond donors (Lipinski definition) is 2. The molecular weight excluding hydrogens is 328 g/mol. The molecule has 0 bridgehead atoms. The molecule has 1 saturated carbocycles. The number of aliphatic imine (C=N–C) groups is 1. The van der Waals surface area contributed by atoms with Gasteiger partial charge in [0.15, 0.2) is 5.96 Å². The molecule has 0 aromatic heterocycles. The van der Waals surface area contributed by atoms with Crippen molar-refractivity contribution in [2.45, 2.75) is 45.6 Å². The van der Waals surface area contributed by atoms with Crippen molar-refractivity contribution in [3.8, 4) is 0 Å². The van der Waals surface area contributed by atoms with Gasteiger partial charge in [0.05, 0.1) is 13.7 Å². The third kappa shape index (κ3) is 4.48. The second-order valence-electron chi connectivity index (χ2n) is 7.36. The van der Waals surface area contributed by atoms with E-state index in [1.807, 2.05) is 24.3 Å². The number of anilines is 1. The highest BCUT2D eigenvalue weighted by atomic mass is 16.5. The van der Waals surface area contributed by atoms with Gasteiger partial charge < -0.3 is 15.0 Å². The van der Waals surface area contributed by atoms with Gasteiger partial charge in [0.2, 0.25) is 0 Å². The maximum atomic E-state index is 11.2. The molecule has 2 aliphatic rings. The lowest BCUT2D eigenvalue weighted by Gasteiger charge is -2.26. The number of carbonyl (C=O) groups excluding carboxylic acids is 1. The van der Waals surface area contributed by atoms with Crippen molar-refractivity contribution in [2.24, 2.45) is 10.4 Å². The van der Waals surface area contributed by atoms with Crippen LogP contribution in [-0.2, 0) is 11.3 Å². The number of benzene rings is 1. The molecule has 3 rings (SSSR count). The number of hydrogen-bond acceptors (Lipinski definition) is 3. The van der Waals surface area contributed by atoms with Gasteiger partial charge in [-0.3, -0.25) is 5.32 Å². The Balaban J connectivity index is 1.61. The topological polar surface area (TPSA) is 66.0 Å². The highest BCUT2D eigenvalue weighted by molar-refractivity contribution is 5.84. The molecule has 142 valence electrons. The number of carbonyl (C=O) groups is 1. The van der Waals surface area contributed by atoms with Crippen LogP contribution in [0.3, 0.4) is 0 Å². The van der Waals surface area contributed by atoms with Gasteiger partial charge in [0, 0.05) is 25.3 Å². The van der Waals surface area contributed by atoms with Gasteiger partial charge in [-0.05, 0) is 49.3 Å². The zero-order valence-corrected chi connectivity index (χ0v) is 15.9. The molecule has 0 radical (unpaired) electrons. The molecule has 2 fully saturated rings. The maximum absolute atomic E-state index is 11.2. The average molecular weight is 358 g/mol. The van der Waals surface area contributed by atoms with E-state index in [2.05, 4.69) is 27.2 Å². The SMILES string of the molecule is CCNC(=NCc1ccc(NC(=O)OC)cc1)N1CCC2(CCCC2)C1. The average Bonchev–Trinajstić information content (AvgIpc) is 3.30. The first-order valence-electron chi connectivity index (χ1n) is 9.61. The summed E-state index contributed by atoms with van der Waals surface area (Å²) >= 11 is 0. The van der Waals surface area contributed by atoms with Crippen molar-refractivity contribution in [1.82, 2.24) is 10.2 Å². The van der Waals surface area contributed by atoms with Crippen molar-refractivity contribution in [3.05, 3.63) is 29.8 Å². The zero-order valence-electron chi connectivity index (χ0n) is 15.9. The molecule has 6 heteroatoms. The van der Waals surface area contributed by atoms with Gasteiger partial charge in [-0.15, -0.1) is 0 Å². The monoisotopic (exact) mass is 358 g/mol. The molecule has 0 unspecified atom stereocenters. The minimum Gasteiger partial charge on any atom is -0.453 e. The number of guanidine groups is 1. The minimum atomic E-state index is -0.458. The van der Waals surface area contributed by atoms with Gasteiger partial charge in [-0.1, -0.05) is 25.0 Å². The van der Waals surface area contributed by atoms with E-state index in [9.17, 15) is 4.79 Å². The summed E-state index contributed by atoms with van der Waals surface area (Å²) in [5.74, 6) is 1.02. The molecule has 2 N–H and O–H groups in total. The summed E-state index contributed by atoms with van der Waals surface area (Å²) < 4.78 is 4.60. The third-order valence-electron chi connectivity index (χ3n) is 5.53. The molecule has 1 aliphatic carbocycles. The summed E-state index contributed by atoms with van der Waals surface area (Å²) in [6.07, 6.45) is 6.35. The molecule has 1 aliphatic heterocycles. The van der Waals surface area contributed by atoms with Gasteiger partial charge in [-0.25, -0.2) is 9.79 Å². The number of rotatable bonds is 4. The fraction of sp³-hybridized carbons (Fsp3) is 0.600. The van der Waals surface area contributed by atoms with E-state index in [-0.39, 0.29) is 0 Å². The molecule has 1 aromatic rings. The van der Waals surface area contributed by atoms with Crippen LogP contribution in [0.2, 0.25) is 0 Å². The second-order valence-corrected chi connectivity index (χ2v) is 7.36. The lowest BCUT2D eigenvalue weighted by Crippen LogP contribution is -2.41. The van der Waals surface area contributed by atoms with E-state index in [0.29, 0.717) is 12.0 Å². The first-order valence-corrected chi connectivity index (χ1v) is 9.61. The van der Waals surface area contributed by atoms with Crippen molar-refractivity contribution in [1.29, 1.82) is 0 Å². The van der Waals surface area contributed by atoms with E-state index in [1.54, 1.807) is 0 Å². The highest BCUT2D eigenvalue weighted by Gasteiger charge is 2.41. The Morgan fingerprint density at radius 2 is 1.96 bits per heavy atom. The van der Waals surface area contributed by atoms with Crippen LogP contribution >= 0.6 is 0 Å². The number of nitrogens with zero attached hydrogens (tertiary/aromatic N) is 2. The number of methoxy groups -OCH3 is 1. The van der Waals surface area contributed by atoms with Gasteiger partial charge in [0.1, 0.15) is 0 Å². The van der Waals surface area contributed by atoms with Crippen LogP contribution in [0.4, 0.5) is 10.5 Å². The highest BCUT2D eigenvalue weighted by Crippen LogP contribution is 2.45. The minimum absolute atomic E-state index is 0.458. The fourth-order valence-electron chi connectivity index (χ4n) is 4.10. The van der Waals surface area contributed by atoms with Crippen LogP contribution in [0.1, 0.15) is 44.6 Å². The molecule has 1 heterocycles. The predicted octanol–water partition coefficient (Wildman–Crippen LogP) is 3.60. The van der Waals surface area contributed by atoms with Crippen LogP contribution in [0.5, 0.6) is 0 Å². The van der Waals surface area contributed by atoms with Gasteiger partial charge in [0.25, 0.3) is 0 Å². The van der Waals surface area contributed by atoms with Gasteiger partial charge in [-0.2, -0.15) is 0 Å². The number of nitrogens with one attached hydrogen (secondary N) is 2. The molecule has 26 heavy (non-hydrogen) atoms. The van der Waals surface area contributed by atoms with Crippen LogP contribution in [0.15, 0.2) is 29.3 Å². The Morgan fingerprint density at radius 3 is 2.62 bits per heavy atom. The van der Waals surface area contributed by atoms with E-state index in [4.69, 9.17) is 4.99 Å². The molecule has 0 atom stereocenters. The Morgan fingerprint density at radius 1 is 1.23 bits per heavy atom. The normalized spacial score (nSPS) is 19.0. The van der Waals surface area contributed by atoms with E-state index >= 15 is 0 Å². The fourth-order valence-corrected chi connectivity index (χ4v) is 4.10. The Bertz CT molecular complexity index is 636. The molecular formula is C20H30N4O2. The molecule has 1 spiro atoms. The lowest BCUT2D eigenvalue weighted by atomic mass is 9.86. The second kappa shape index (κ2) is 8.43. The van der Waals surface area contributed by atoms with Crippen molar-refractivity contribution < 1.29 is 9.53 Å². The van der Waals surface area contributed by atoms with E-state index in [1.165, 1.54) is 39.2 Å². The first kappa shape index (κ1) is 18.5. The quantitative estimate of drug-likeness (QED) is 0.638. The van der Waals surface area contributed by atoms with E-state index in [0.717, 1.165) is 36.8 Å². The zero-order chi connectivity index (χ0) is 18.4. The Labute approximate surface area is 156 Å². The summed E-state index contributed by atoms with van der Waals surface area (Å²) in [6.45, 7) is 5.87. The molecule has 6 nitrogen and oxygen atoms in total. The lowest BCUT2D eigenvalue weighted by molar-refractivity contribution is 0.187. The number of likely N-dealkylation sites (tertiary alicyclic amines) is 1. The van der Waals surface area contributed by atoms with E-state index < -0.39 is 6.09 Å².